The van der Waals surface area contributed by atoms with Gasteiger partial charge in [-0.05, 0) is 45.2 Å². The molecule has 2 unspecified atom stereocenters. The third-order valence-corrected chi connectivity index (χ3v) is 4.32. The van der Waals surface area contributed by atoms with Gasteiger partial charge in [-0.15, -0.1) is 0 Å². The highest BCUT2D eigenvalue weighted by molar-refractivity contribution is 5.21. The first kappa shape index (κ1) is 11.3. The molecule has 0 aromatic carbocycles. The Morgan fingerprint density at radius 3 is 3.00 bits per heavy atom. The van der Waals surface area contributed by atoms with E-state index < -0.39 is 0 Å². The minimum atomic E-state index is 0.826. The predicted molar refractivity (Wildman–Crippen MR) is 67.7 cm³/mol. The Hall–Kier alpha value is -0.800. The van der Waals surface area contributed by atoms with Crippen LogP contribution in [0.15, 0.2) is 10.5 Å². The smallest absolute Gasteiger partial charge is 0.118 e. The van der Waals surface area contributed by atoms with Crippen molar-refractivity contribution in [3.8, 4) is 0 Å². The summed E-state index contributed by atoms with van der Waals surface area (Å²) in [6.45, 7) is 5.30. The maximum Gasteiger partial charge on any atom is 0.118 e. The molecule has 1 aliphatic heterocycles. The van der Waals surface area contributed by atoms with Crippen LogP contribution in [0.4, 0.5) is 0 Å². The number of hydrogen-bond donors (Lipinski definition) is 1. The molecule has 1 aromatic rings. The molecule has 2 bridgehead atoms. The van der Waals surface area contributed by atoms with Crippen molar-refractivity contribution >= 4 is 0 Å². The maximum absolute atomic E-state index is 5.76. The van der Waals surface area contributed by atoms with E-state index in [-0.39, 0.29) is 0 Å². The maximum atomic E-state index is 5.76. The minimum Gasteiger partial charge on any atom is -0.465 e. The number of aryl methyl sites for hydroxylation is 1. The van der Waals surface area contributed by atoms with E-state index in [2.05, 4.69) is 23.2 Å². The van der Waals surface area contributed by atoms with Gasteiger partial charge < -0.3 is 9.73 Å². The van der Waals surface area contributed by atoms with Gasteiger partial charge in [0.25, 0.3) is 0 Å². The zero-order chi connectivity index (χ0) is 11.8. The lowest BCUT2D eigenvalue weighted by Crippen LogP contribution is -2.31. The molecule has 1 aromatic heterocycles. The topological polar surface area (TPSA) is 28.4 Å². The van der Waals surface area contributed by atoms with Crippen LogP contribution in [0.1, 0.15) is 36.3 Å². The molecule has 94 valence electrons. The molecule has 0 radical (unpaired) electrons. The molecule has 0 spiro atoms. The Labute approximate surface area is 103 Å². The second kappa shape index (κ2) is 4.46. The zero-order valence-electron chi connectivity index (χ0n) is 10.8. The van der Waals surface area contributed by atoms with E-state index in [1.807, 2.05) is 7.05 Å². The van der Waals surface area contributed by atoms with Crippen molar-refractivity contribution < 1.29 is 4.42 Å². The highest BCUT2D eigenvalue weighted by Gasteiger charge is 2.37. The Balaban J connectivity index is 1.68. The quantitative estimate of drug-likeness (QED) is 0.866. The van der Waals surface area contributed by atoms with Crippen molar-refractivity contribution in [3.05, 3.63) is 23.2 Å². The molecular weight excluding hydrogens is 212 g/mol. The highest BCUT2D eigenvalue weighted by atomic mass is 16.3. The van der Waals surface area contributed by atoms with Crippen molar-refractivity contribution in [1.29, 1.82) is 0 Å². The van der Waals surface area contributed by atoms with Gasteiger partial charge in [-0.2, -0.15) is 0 Å². The summed E-state index contributed by atoms with van der Waals surface area (Å²) in [7, 11) is 1.96. The molecule has 1 aliphatic carbocycles. The minimum absolute atomic E-state index is 0.826. The molecule has 1 saturated heterocycles. The Kier molecular flexibility index (Phi) is 2.97. The van der Waals surface area contributed by atoms with Gasteiger partial charge in [-0.1, -0.05) is 0 Å². The van der Waals surface area contributed by atoms with Crippen LogP contribution in [-0.4, -0.2) is 24.5 Å². The molecule has 2 atom stereocenters. The van der Waals surface area contributed by atoms with Crippen LogP contribution in [0.2, 0.25) is 0 Å². The second-order valence-corrected chi connectivity index (χ2v) is 5.59. The van der Waals surface area contributed by atoms with Crippen LogP contribution >= 0.6 is 0 Å². The predicted octanol–water partition coefficient (Wildman–Crippen LogP) is 2.29. The lowest BCUT2D eigenvalue weighted by Gasteiger charge is -2.26. The largest absolute Gasteiger partial charge is 0.465 e. The SMILES string of the molecule is CNCc1cc(CN2CC3CCC2C3)c(C)o1. The van der Waals surface area contributed by atoms with E-state index >= 15 is 0 Å². The van der Waals surface area contributed by atoms with Crippen molar-refractivity contribution in [3.63, 3.8) is 0 Å². The number of nitrogens with one attached hydrogen (secondary N) is 1. The number of rotatable bonds is 4. The fraction of sp³-hybridized carbons (Fsp3) is 0.714. The summed E-state index contributed by atoms with van der Waals surface area (Å²) in [6.07, 6.45) is 4.29. The fourth-order valence-electron chi connectivity index (χ4n) is 3.45. The molecule has 1 saturated carbocycles. The number of piperidine rings is 1. The summed E-state index contributed by atoms with van der Waals surface area (Å²) in [4.78, 5) is 2.65. The van der Waals surface area contributed by atoms with Gasteiger partial charge in [0.05, 0.1) is 6.54 Å². The van der Waals surface area contributed by atoms with Crippen LogP contribution in [0.25, 0.3) is 0 Å². The molecule has 2 aliphatic rings. The first-order chi connectivity index (χ1) is 8.26. The lowest BCUT2D eigenvalue weighted by atomic mass is 10.1. The van der Waals surface area contributed by atoms with Gasteiger partial charge in [-0.25, -0.2) is 0 Å². The molecule has 17 heavy (non-hydrogen) atoms. The van der Waals surface area contributed by atoms with Crippen molar-refractivity contribution in [1.82, 2.24) is 10.2 Å². The normalized spacial score (nSPS) is 28.1. The fourth-order valence-corrected chi connectivity index (χ4v) is 3.45. The zero-order valence-corrected chi connectivity index (χ0v) is 10.8. The summed E-state index contributed by atoms with van der Waals surface area (Å²) in [6, 6.07) is 3.07. The molecule has 3 nitrogen and oxygen atoms in total. The van der Waals surface area contributed by atoms with E-state index in [4.69, 9.17) is 4.42 Å². The van der Waals surface area contributed by atoms with Gasteiger partial charge in [0.15, 0.2) is 0 Å². The number of furan rings is 1. The summed E-state index contributed by atoms with van der Waals surface area (Å²) in [5.74, 6) is 3.13. The van der Waals surface area contributed by atoms with E-state index in [0.29, 0.717) is 0 Å². The average Bonchev–Trinajstić information content (AvgIpc) is 2.96. The number of likely N-dealkylation sites (tertiary alicyclic amines) is 1. The summed E-state index contributed by atoms with van der Waals surface area (Å²) >= 11 is 0. The highest BCUT2D eigenvalue weighted by Crippen LogP contribution is 2.38. The van der Waals surface area contributed by atoms with Crippen LogP contribution in [-0.2, 0) is 13.1 Å². The number of nitrogens with zero attached hydrogens (tertiary/aromatic N) is 1. The Morgan fingerprint density at radius 1 is 1.47 bits per heavy atom. The van der Waals surface area contributed by atoms with Crippen molar-refractivity contribution in [2.75, 3.05) is 13.6 Å². The van der Waals surface area contributed by atoms with Crippen LogP contribution in [0, 0.1) is 12.8 Å². The first-order valence-electron chi connectivity index (χ1n) is 6.73. The monoisotopic (exact) mass is 234 g/mol. The molecule has 2 fully saturated rings. The second-order valence-electron chi connectivity index (χ2n) is 5.59. The summed E-state index contributed by atoms with van der Waals surface area (Å²) in [5, 5.41) is 3.14. The van der Waals surface area contributed by atoms with E-state index in [9.17, 15) is 0 Å². The van der Waals surface area contributed by atoms with Gasteiger partial charge in [-0.3, -0.25) is 4.90 Å². The van der Waals surface area contributed by atoms with Crippen molar-refractivity contribution in [2.24, 2.45) is 5.92 Å². The number of hydrogen-bond acceptors (Lipinski definition) is 3. The molecule has 1 N–H and O–H groups in total. The van der Waals surface area contributed by atoms with Crippen LogP contribution in [0.5, 0.6) is 0 Å². The third-order valence-electron chi connectivity index (χ3n) is 4.32. The summed E-state index contributed by atoms with van der Waals surface area (Å²) < 4.78 is 5.76. The van der Waals surface area contributed by atoms with E-state index in [1.54, 1.807) is 0 Å². The molecule has 3 heteroatoms. The van der Waals surface area contributed by atoms with Crippen molar-refractivity contribution in [2.45, 2.75) is 45.3 Å². The Bertz CT molecular complexity index is 399. The van der Waals surface area contributed by atoms with E-state index in [0.717, 1.165) is 36.6 Å². The molecule has 3 rings (SSSR count). The van der Waals surface area contributed by atoms with Gasteiger partial charge in [0, 0.05) is 24.7 Å². The van der Waals surface area contributed by atoms with Gasteiger partial charge in [0.1, 0.15) is 11.5 Å². The Morgan fingerprint density at radius 2 is 2.35 bits per heavy atom. The molecule has 0 amide bonds. The lowest BCUT2D eigenvalue weighted by molar-refractivity contribution is 0.204. The summed E-state index contributed by atoms with van der Waals surface area (Å²) in [5.41, 5.74) is 1.38. The standard InChI is InChI=1S/C14H22N2O/c1-10-12(6-14(17-10)7-15-2)9-16-8-11-3-4-13(16)5-11/h6,11,13,15H,3-5,7-9H2,1-2H3. The van der Waals surface area contributed by atoms with Crippen LogP contribution < -0.4 is 5.32 Å². The van der Waals surface area contributed by atoms with E-state index in [1.165, 1.54) is 31.4 Å². The molecule has 2 heterocycles. The third kappa shape index (κ3) is 2.14. The van der Waals surface area contributed by atoms with Gasteiger partial charge >= 0.3 is 0 Å². The number of fused-ring (bicyclic) bond motifs is 2. The first-order valence-corrected chi connectivity index (χ1v) is 6.73. The van der Waals surface area contributed by atoms with Crippen LogP contribution in [0.3, 0.4) is 0 Å². The molecular formula is C14H22N2O. The average molecular weight is 234 g/mol. The van der Waals surface area contributed by atoms with Gasteiger partial charge in [0.2, 0.25) is 0 Å².